The number of imidazole rings is 1. The summed E-state index contributed by atoms with van der Waals surface area (Å²) < 4.78 is 15.3. The molecule has 0 aliphatic carbocycles. The number of hydrogen-bond donors (Lipinski definition) is 1. The molecule has 0 saturated carbocycles. The molecule has 5 nitrogen and oxygen atoms in total. The monoisotopic (exact) mass is 325 g/mol. The van der Waals surface area contributed by atoms with Crippen molar-refractivity contribution in [1.29, 1.82) is 0 Å². The third-order valence-electron chi connectivity index (χ3n) is 4.36. The van der Waals surface area contributed by atoms with Gasteiger partial charge in [0.05, 0.1) is 12.1 Å². The summed E-state index contributed by atoms with van der Waals surface area (Å²) in [5.41, 5.74) is 1.68. The van der Waals surface area contributed by atoms with Crippen molar-refractivity contribution >= 4 is 11.6 Å². The van der Waals surface area contributed by atoms with Crippen molar-refractivity contribution in [2.75, 3.05) is 6.54 Å². The first-order chi connectivity index (χ1) is 11.6. The largest absolute Gasteiger partial charge is 0.391 e. The van der Waals surface area contributed by atoms with E-state index in [1.807, 2.05) is 24.4 Å². The standard InChI is InChI=1S/C18H16FN3O2/c19-13-5-3-4-12(8-13)16-9-14(23)10-22(16)18(24)15-11-21-7-2-1-6-17(21)20-15/h1-8,11,14,16,23H,9-10H2. The van der Waals surface area contributed by atoms with Gasteiger partial charge in [0.2, 0.25) is 0 Å². The van der Waals surface area contributed by atoms with Gasteiger partial charge >= 0.3 is 0 Å². The van der Waals surface area contributed by atoms with Gasteiger partial charge in [-0.2, -0.15) is 0 Å². The molecule has 2 aromatic heterocycles. The Hall–Kier alpha value is -2.73. The molecule has 1 fully saturated rings. The van der Waals surface area contributed by atoms with E-state index in [0.717, 1.165) is 0 Å². The SMILES string of the molecule is O=C(c1cn2ccccc2n1)N1CC(O)CC1c1cccc(F)c1. The Labute approximate surface area is 138 Å². The summed E-state index contributed by atoms with van der Waals surface area (Å²) in [6, 6.07) is 11.3. The molecule has 2 unspecified atom stereocenters. The first-order valence-corrected chi connectivity index (χ1v) is 7.80. The Kier molecular flexibility index (Phi) is 3.54. The maximum Gasteiger partial charge on any atom is 0.274 e. The van der Waals surface area contributed by atoms with Crippen LogP contribution in [0.5, 0.6) is 0 Å². The minimum Gasteiger partial charge on any atom is -0.391 e. The second-order valence-electron chi connectivity index (χ2n) is 6.01. The number of amides is 1. The number of carbonyl (C=O) groups excluding carboxylic acids is 1. The van der Waals surface area contributed by atoms with Crippen LogP contribution in [0.2, 0.25) is 0 Å². The fraction of sp³-hybridized carbons (Fsp3) is 0.222. The summed E-state index contributed by atoms with van der Waals surface area (Å²) in [4.78, 5) is 18.8. The third kappa shape index (κ3) is 2.55. The molecule has 4 rings (SSSR count). The van der Waals surface area contributed by atoms with Crippen LogP contribution in [-0.4, -0.2) is 37.9 Å². The predicted octanol–water partition coefficient (Wildman–Crippen LogP) is 2.42. The van der Waals surface area contributed by atoms with Gasteiger partial charge in [-0.3, -0.25) is 4.79 Å². The molecule has 1 amide bonds. The fourth-order valence-corrected chi connectivity index (χ4v) is 3.25. The second-order valence-corrected chi connectivity index (χ2v) is 6.01. The molecule has 1 N–H and O–H groups in total. The first kappa shape index (κ1) is 14.8. The maximum absolute atomic E-state index is 13.5. The van der Waals surface area contributed by atoms with Crippen LogP contribution in [0.4, 0.5) is 4.39 Å². The van der Waals surface area contributed by atoms with Gasteiger partial charge in [0.25, 0.3) is 5.91 Å². The number of nitrogens with zero attached hydrogens (tertiary/aromatic N) is 3. The minimum absolute atomic E-state index is 0.216. The number of aliphatic hydroxyl groups excluding tert-OH is 1. The van der Waals surface area contributed by atoms with Crippen molar-refractivity contribution in [1.82, 2.24) is 14.3 Å². The zero-order valence-corrected chi connectivity index (χ0v) is 12.8. The van der Waals surface area contributed by atoms with E-state index in [1.54, 1.807) is 27.6 Å². The summed E-state index contributed by atoms with van der Waals surface area (Å²) in [6.45, 7) is 0.216. The van der Waals surface area contributed by atoms with E-state index >= 15 is 0 Å². The van der Waals surface area contributed by atoms with Crippen LogP contribution in [0, 0.1) is 5.82 Å². The number of fused-ring (bicyclic) bond motifs is 1. The van der Waals surface area contributed by atoms with E-state index in [4.69, 9.17) is 0 Å². The van der Waals surface area contributed by atoms with E-state index in [0.29, 0.717) is 23.3 Å². The van der Waals surface area contributed by atoms with Crippen LogP contribution in [0.25, 0.3) is 5.65 Å². The summed E-state index contributed by atoms with van der Waals surface area (Å²) in [5.74, 6) is -0.612. The van der Waals surface area contributed by atoms with Crippen molar-refractivity contribution in [3.63, 3.8) is 0 Å². The number of likely N-dealkylation sites (tertiary alicyclic amines) is 1. The van der Waals surface area contributed by atoms with E-state index in [-0.39, 0.29) is 24.3 Å². The minimum atomic E-state index is -0.626. The van der Waals surface area contributed by atoms with Gasteiger partial charge in [0, 0.05) is 18.9 Å². The maximum atomic E-state index is 13.5. The molecule has 1 aliphatic rings. The Morgan fingerprint density at radius 3 is 2.92 bits per heavy atom. The highest BCUT2D eigenvalue weighted by Crippen LogP contribution is 2.33. The number of β-amino-alcohol motifs (C(OH)–C–C–N with tert-alkyl or cyclic N) is 1. The molecule has 24 heavy (non-hydrogen) atoms. The lowest BCUT2D eigenvalue weighted by Crippen LogP contribution is -2.32. The fourth-order valence-electron chi connectivity index (χ4n) is 3.25. The Morgan fingerprint density at radius 1 is 1.25 bits per heavy atom. The molecule has 1 saturated heterocycles. The molecule has 3 aromatic rings. The normalized spacial score (nSPS) is 20.7. The lowest BCUT2D eigenvalue weighted by atomic mass is 10.0. The van der Waals surface area contributed by atoms with E-state index < -0.39 is 6.10 Å². The Morgan fingerprint density at radius 2 is 2.12 bits per heavy atom. The van der Waals surface area contributed by atoms with Crippen molar-refractivity contribution in [2.24, 2.45) is 0 Å². The topological polar surface area (TPSA) is 57.8 Å². The number of benzene rings is 1. The van der Waals surface area contributed by atoms with E-state index in [2.05, 4.69) is 4.98 Å². The molecule has 3 heterocycles. The highest BCUT2D eigenvalue weighted by atomic mass is 19.1. The zero-order chi connectivity index (χ0) is 16.7. The van der Waals surface area contributed by atoms with Gasteiger partial charge in [-0.1, -0.05) is 18.2 Å². The van der Waals surface area contributed by atoms with Crippen molar-refractivity contribution in [3.05, 3.63) is 71.9 Å². The van der Waals surface area contributed by atoms with Gasteiger partial charge in [0.15, 0.2) is 0 Å². The van der Waals surface area contributed by atoms with E-state index in [1.165, 1.54) is 12.1 Å². The molecule has 0 radical (unpaired) electrons. The van der Waals surface area contributed by atoms with Crippen LogP contribution in [0.1, 0.15) is 28.5 Å². The molecule has 2 atom stereocenters. The number of carbonyl (C=O) groups is 1. The highest BCUT2D eigenvalue weighted by Gasteiger charge is 2.36. The number of hydrogen-bond acceptors (Lipinski definition) is 3. The molecule has 1 aliphatic heterocycles. The molecule has 0 spiro atoms. The van der Waals surface area contributed by atoms with Crippen molar-refractivity contribution in [3.8, 4) is 0 Å². The molecule has 1 aromatic carbocycles. The van der Waals surface area contributed by atoms with Crippen LogP contribution in [-0.2, 0) is 0 Å². The molecular weight excluding hydrogens is 309 g/mol. The summed E-state index contributed by atoms with van der Waals surface area (Å²) >= 11 is 0. The third-order valence-corrected chi connectivity index (χ3v) is 4.36. The number of halogens is 1. The number of pyridine rings is 1. The summed E-state index contributed by atoms with van der Waals surface area (Å²) in [5, 5.41) is 10.0. The first-order valence-electron chi connectivity index (χ1n) is 7.80. The molecule has 6 heteroatoms. The van der Waals surface area contributed by atoms with Gasteiger partial charge in [0.1, 0.15) is 17.2 Å². The van der Waals surface area contributed by atoms with Gasteiger partial charge < -0.3 is 14.4 Å². The van der Waals surface area contributed by atoms with Crippen LogP contribution < -0.4 is 0 Å². The van der Waals surface area contributed by atoms with Crippen LogP contribution >= 0.6 is 0 Å². The molecular formula is C18H16FN3O2. The number of aromatic nitrogens is 2. The average molecular weight is 325 g/mol. The molecule has 0 bridgehead atoms. The lowest BCUT2D eigenvalue weighted by molar-refractivity contribution is 0.0710. The predicted molar refractivity (Wildman–Crippen MR) is 86.0 cm³/mol. The number of rotatable bonds is 2. The summed E-state index contributed by atoms with van der Waals surface area (Å²) in [7, 11) is 0. The lowest BCUT2D eigenvalue weighted by Gasteiger charge is -2.24. The highest BCUT2D eigenvalue weighted by molar-refractivity contribution is 5.93. The van der Waals surface area contributed by atoms with Gasteiger partial charge in [-0.05, 0) is 36.2 Å². The van der Waals surface area contributed by atoms with Gasteiger partial charge in [-0.25, -0.2) is 9.37 Å². The Bertz CT molecular complexity index is 875. The average Bonchev–Trinajstić information content (AvgIpc) is 3.17. The zero-order valence-electron chi connectivity index (χ0n) is 12.8. The second kappa shape index (κ2) is 5.72. The quantitative estimate of drug-likeness (QED) is 0.787. The van der Waals surface area contributed by atoms with Crippen LogP contribution in [0.3, 0.4) is 0 Å². The molecule has 122 valence electrons. The van der Waals surface area contributed by atoms with Crippen molar-refractivity contribution in [2.45, 2.75) is 18.6 Å². The van der Waals surface area contributed by atoms with Gasteiger partial charge in [-0.15, -0.1) is 0 Å². The van der Waals surface area contributed by atoms with E-state index in [9.17, 15) is 14.3 Å². The smallest absolute Gasteiger partial charge is 0.274 e. The number of aliphatic hydroxyl groups is 1. The Balaban J connectivity index is 1.68. The van der Waals surface area contributed by atoms with Crippen LogP contribution in [0.15, 0.2) is 54.9 Å². The summed E-state index contributed by atoms with van der Waals surface area (Å²) in [6.07, 6.45) is 3.26. The van der Waals surface area contributed by atoms with Crippen molar-refractivity contribution < 1.29 is 14.3 Å².